The fraction of sp³-hybridized carbons (Fsp3) is 0.200. The van der Waals surface area contributed by atoms with Crippen LogP contribution in [-0.2, 0) is 19.7 Å². The molecule has 7 heteroatoms. The van der Waals surface area contributed by atoms with E-state index in [-0.39, 0.29) is 20.4 Å². The highest BCUT2D eigenvalue weighted by atomic mass is 32.2. The van der Waals surface area contributed by atoms with Crippen molar-refractivity contribution in [2.24, 2.45) is 0 Å². The third-order valence-corrected chi connectivity index (χ3v) is 10.1. The average molecular weight is 535 g/mol. The van der Waals surface area contributed by atoms with Crippen molar-refractivity contribution in [3.05, 3.63) is 103 Å². The lowest BCUT2D eigenvalue weighted by molar-refractivity contribution is 0.481. The molecule has 0 aromatic heterocycles. The number of sulfone groups is 2. The summed E-state index contributed by atoms with van der Waals surface area (Å²) in [5.41, 5.74) is 2.85. The molecule has 37 heavy (non-hydrogen) atoms. The largest absolute Gasteiger partial charge is 0.457 e. The van der Waals surface area contributed by atoms with E-state index >= 15 is 0 Å². The zero-order chi connectivity index (χ0) is 26.6. The molecule has 0 N–H and O–H groups in total. The van der Waals surface area contributed by atoms with Crippen LogP contribution in [-0.4, -0.2) is 22.6 Å². The summed E-state index contributed by atoms with van der Waals surface area (Å²) in [6, 6.07) is 27.5. The van der Waals surface area contributed by atoms with E-state index < -0.39 is 19.7 Å². The molecule has 1 unspecified atom stereocenters. The highest BCUT2D eigenvalue weighted by Crippen LogP contribution is 2.29. The third kappa shape index (κ3) is 5.95. The van der Waals surface area contributed by atoms with E-state index in [2.05, 4.69) is 13.8 Å². The zero-order valence-corrected chi connectivity index (χ0v) is 22.7. The summed E-state index contributed by atoms with van der Waals surface area (Å²) < 4.78 is 56.3. The zero-order valence-electron chi connectivity index (χ0n) is 21.1. The summed E-state index contributed by atoms with van der Waals surface area (Å²) in [5, 5.41) is 0. The molecule has 0 aliphatic heterocycles. The Labute approximate surface area is 219 Å². The molecule has 192 valence electrons. The molecule has 0 saturated heterocycles. The first-order valence-corrected chi connectivity index (χ1v) is 15.3. The molecule has 0 aliphatic rings. The van der Waals surface area contributed by atoms with Crippen LogP contribution in [0.3, 0.4) is 0 Å². The van der Waals surface area contributed by atoms with Crippen LogP contribution >= 0.6 is 0 Å². The van der Waals surface area contributed by atoms with Crippen molar-refractivity contribution in [1.29, 1.82) is 0 Å². The van der Waals surface area contributed by atoms with E-state index in [0.29, 0.717) is 17.4 Å². The normalized spacial score (nSPS) is 12.7. The molecule has 5 nitrogen and oxygen atoms in total. The van der Waals surface area contributed by atoms with Crippen molar-refractivity contribution in [3.63, 3.8) is 0 Å². The van der Waals surface area contributed by atoms with E-state index in [4.69, 9.17) is 4.74 Å². The van der Waals surface area contributed by atoms with Crippen LogP contribution in [0.2, 0.25) is 0 Å². The molecule has 0 radical (unpaired) electrons. The van der Waals surface area contributed by atoms with Gasteiger partial charge in [0.1, 0.15) is 11.5 Å². The fourth-order valence-corrected chi connectivity index (χ4v) is 6.05. The van der Waals surface area contributed by atoms with E-state index in [9.17, 15) is 16.8 Å². The molecule has 0 saturated carbocycles. The van der Waals surface area contributed by atoms with E-state index in [1.54, 1.807) is 79.7 Å². The summed E-state index contributed by atoms with van der Waals surface area (Å²) in [5.74, 6) is 1.77. The van der Waals surface area contributed by atoms with Gasteiger partial charge in [0.25, 0.3) is 0 Å². The molecule has 0 heterocycles. The van der Waals surface area contributed by atoms with Crippen LogP contribution in [0.25, 0.3) is 11.1 Å². The lowest BCUT2D eigenvalue weighted by Crippen LogP contribution is -2.03. The number of hydrogen-bond acceptors (Lipinski definition) is 5. The molecule has 4 rings (SSSR count). The van der Waals surface area contributed by atoms with Crippen LogP contribution in [0, 0.1) is 0 Å². The van der Waals surface area contributed by atoms with Gasteiger partial charge in [0, 0.05) is 0 Å². The Hall–Kier alpha value is -3.42. The van der Waals surface area contributed by atoms with Gasteiger partial charge in [0.2, 0.25) is 9.84 Å². The summed E-state index contributed by atoms with van der Waals surface area (Å²) in [6.07, 6.45) is 1.07. The highest BCUT2D eigenvalue weighted by Gasteiger charge is 2.18. The topological polar surface area (TPSA) is 77.5 Å². The average Bonchev–Trinajstić information content (AvgIpc) is 2.93. The molecule has 0 aliphatic carbocycles. The monoisotopic (exact) mass is 534 g/mol. The van der Waals surface area contributed by atoms with Crippen molar-refractivity contribution in [1.82, 2.24) is 0 Å². The van der Waals surface area contributed by atoms with E-state index in [1.165, 1.54) is 5.56 Å². The molecule has 0 bridgehead atoms. The van der Waals surface area contributed by atoms with Gasteiger partial charge in [-0.3, -0.25) is 0 Å². The van der Waals surface area contributed by atoms with Gasteiger partial charge >= 0.3 is 0 Å². The minimum absolute atomic E-state index is 0.0392. The SMILES string of the molecule is CCC(C)c1ccc(Oc2ccc(S(=O)(=O)c3ccc(-c4ccc(S(=O)(=O)CC)cc4)cc3)cc2)cc1. The van der Waals surface area contributed by atoms with E-state index in [1.807, 2.05) is 24.3 Å². The van der Waals surface area contributed by atoms with Gasteiger partial charge in [-0.25, -0.2) is 16.8 Å². The standard InChI is InChI=1S/C30H30O5S2/c1-4-22(3)23-6-12-26(13-7-23)35-27-14-20-30(21-15-27)37(33,34)29-18-10-25(11-19-29)24-8-16-28(17-9-24)36(31,32)5-2/h6-22H,4-5H2,1-3H3. The van der Waals surface area contributed by atoms with Crippen molar-refractivity contribution in [2.45, 2.75) is 47.8 Å². The first-order chi connectivity index (χ1) is 17.6. The van der Waals surface area contributed by atoms with Crippen molar-refractivity contribution in [2.75, 3.05) is 5.75 Å². The molecular formula is C30H30O5S2. The van der Waals surface area contributed by atoms with Crippen LogP contribution in [0.15, 0.2) is 112 Å². The van der Waals surface area contributed by atoms with Gasteiger partial charge in [0.05, 0.1) is 20.4 Å². The summed E-state index contributed by atoms with van der Waals surface area (Å²) in [7, 11) is -6.98. The van der Waals surface area contributed by atoms with Gasteiger partial charge in [-0.1, -0.05) is 57.2 Å². The fourth-order valence-electron chi connectivity index (χ4n) is 3.91. The predicted molar refractivity (Wildman–Crippen MR) is 147 cm³/mol. The van der Waals surface area contributed by atoms with Gasteiger partial charge in [-0.2, -0.15) is 0 Å². The maximum atomic E-state index is 13.2. The van der Waals surface area contributed by atoms with Gasteiger partial charge in [0.15, 0.2) is 9.84 Å². The Morgan fingerprint density at radius 2 is 1.00 bits per heavy atom. The smallest absolute Gasteiger partial charge is 0.206 e. The van der Waals surface area contributed by atoms with Crippen molar-refractivity contribution in [3.8, 4) is 22.6 Å². The summed E-state index contributed by atoms with van der Waals surface area (Å²) >= 11 is 0. The Morgan fingerprint density at radius 1 is 0.595 bits per heavy atom. The Kier molecular flexibility index (Phi) is 7.85. The minimum atomic E-state index is -3.71. The van der Waals surface area contributed by atoms with Crippen LogP contribution in [0.5, 0.6) is 11.5 Å². The second-order valence-corrected chi connectivity index (χ2v) is 13.1. The van der Waals surface area contributed by atoms with Crippen LogP contribution in [0.4, 0.5) is 0 Å². The van der Waals surface area contributed by atoms with Gasteiger partial charge < -0.3 is 4.74 Å². The number of benzene rings is 4. The Bertz CT molecular complexity index is 1550. The highest BCUT2D eigenvalue weighted by molar-refractivity contribution is 7.91. The van der Waals surface area contributed by atoms with Gasteiger partial charge in [-0.05, 0) is 89.7 Å². The van der Waals surface area contributed by atoms with Gasteiger partial charge in [-0.15, -0.1) is 0 Å². The lowest BCUT2D eigenvalue weighted by atomic mass is 9.99. The number of rotatable bonds is 9. The summed E-state index contributed by atoms with van der Waals surface area (Å²) in [6.45, 7) is 5.94. The summed E-state index contributed by atoms with van der Waals surface area (Å²) in [4.78, 5) is 0.623. The van der Waals surface area contributed by atoms with Crippen molar-refractivity contribution < 1.29 is 21.6 Å². The maximum Gasteiger partial charge on any atom is 0.206 e. The molecule has 0 fully saturated rings. The first kappa shape index (κ1) is 26.6. The quantitative estimate of drug-likeness (QED) is 0.225. The number of hydrogen-bond donors (Lipinski definition) is 0. The molecular weight excluding hydrogens is 504 g/mol. The predicted octanol–water partition coefficient (Wildman–Crippen LogP) is 7.29. The lowest BCUT2D eigenvalue weighted by Gasteiger charge is -2.11. The molecule has 4 aromatic carbocycles. The minimum Gasteiger partial charge on any atom is -0.457 e. The second-order valence-electron chi connectivity index (χ2n) is 8.91. The second kappa shape index (κ2) is 10.9. The first-order valence-electron chi connectivity index (χ1n) is 12.2. The van der Waals surface area contributed by atoms with Crippen LogP contribution < -0.4 is 4.74 Å². The Balaban J connectivity index is 1.48. The Morgan fingerprint density at radius 3 is 1.43 bits per heavy atom. The molecule has 0 spiro atoms. The third-order valence-electron chi connectivity index (χ3n) is 6.52. The number of ether oxygens (including phenoxy) is 1. The molecule has 4 aromatic rings. The van der Waals surface area contributed by atoms with Crippen LogP contribution in [0.1, 0.15) is 38.7 Å². The van der Waals surface area contributed by atoms with E-state index in [0.717, 1.165) is 17.5 Å². The molecule has 0 amide bonds. The van der Waals surface area contributed by atoms with Crippen molar-refractivity contribution >= 4 is 19.7 Å². The molecule has 1 atom stereocenters. The maximum absolute atomic E-state index is 13.2.